The molecule has 2 aromatic rings. The molecular weight excluding hydrogens is 364 g/mol. The molecule has 1 aliphatic rings. The smallest absolute Gasteiger partial charge is 0.347 e. The molecule has 5 nitrogen and oxygen atoms in total. The van der Waals surface area contributed by atoms with Crippen LogP contribution in [0.3, 0.4) is 0 Å². The van der Waals surface area contributed by atoms with Crippen molar-refractivity contribution in [1.82, 2.24) is 0 Å². The van der Waals surface area contributed by atoms with E-state index < -0.39 is 12.1 Å². The molecule has 6 heteroatoms. The summed E-state index contributed by atoms with van der Waals surface area (Å²) in [6.07, 6.45) is -0.690. The summed E-state index contributed by atoms with van der Waals surface area (Å²) in [4.78, 5) is 12.0. The zero-order chi connectivity index (χ0) is 16.2. The van der Waals surface area contributed by atoms with Crippen molar-refractivity contribution < 1.29 is 23.7 Å². The summed E-state index contributed by atoms with van der Waals surface area (Å²) < 4.78 is 22.3. The predicted octanol–water partition coefficient (Wildman–Crippen LogP) is 3.69. The maximum Gasteiger partial charge on any atom is 0.347 e. The second-order valence-corrected chi connectivity index (χ2v) is 5.92. The van der Waals surface area contributed by atoms with E-state index in [0.717, 1.165) is 10.0 Å². The molecule has 0 fully saturated rings. The van der Waals surface area contributed by atoms with E-state index in [4.69, 9.17) is 18.9 Å². The maximum absolute atomic E-state index is 12.0. The Bertz CT molecular complexity index is 699. The molecule has 2 aromatic carbocycles. The van der Waals surface area contributed by atoms with Gasteiger partial charge in [-0.1, -0.05) is 22.0 Å². The molecular formula is C17H15BrO5. The molecule has 0 saturated carbocycles. The van der Waals surface area contributed by atoms with Crippen LogP contribution in [0.4, 0.5) is 0 Å². The van der Waals surface area contributed by atoms with Crippen LogP contribution in [-0.4, -0.2) is 18.9 Å². The molecule has 0 radical (unpaired) electrons. The fraction of sp³-hybridized carbons (Fsp3) is 0.235. The topological polar surface area (TPSA) is 54.0 Å². The Hall–Kier alpha value is -2.21. The second kappa shape index (κ2) is 6.91. The number of hydrogen-bond donors (Lipinski definition) is 0. The fourth-order valence-electron chi connectivity index (χ4n) is 2.07. The van der Waals surface area contributed by atoms with Crippen LogP contribution >= 0.6 is 15.9 Å². The Morgan fingerprint density at radius 2 is 1.91 bits per heavy atom. The minimum atomic E-state index is -0.690. The third-order valence-electron chi connectivity index (χ3n) is 3.28. The molecule has 1 atom stereocenters. The third-order valence-corrected chi connectivity index (χ3v) is 3.81. The van der Waals surface area contributed by atoms with E-state index in [1.165, 1.54) is 0 Å². The van der Waals surface area contributed by atoms with Crippen LogP contribution in [0.1, 0.15) is 12.5 Å². The normalized spacial score (nSPS) is 13.5. The van der Waals surface area contributed by atoms with E-state index in [1.807, 2.05) is 18.2 Å². The summed E-state index contributed by atoms with van der Waals surface area (Å²) in [5, 5.41) is 0. The lowest BCUT2D eigenvalue weighted by Crippen LogP contribution is -2.26. The number of carbonyl (C=O) groups is 1. The number of hydrogen-bond acceptors (Lipinski definition) is 5. The third kappa shape index (κ3) is 3.96. The molecule has 0 aliphatic carbocycles. The fourth-order valence-corrected chi connectivity index (χ4v) is 2.33. The minimum Gasteiger partial charge on any atom is -0.479 e. The van der Waals surface area contributed by atoms with Gasteiger partial charge in [-0.05, 0) is 48.9 Å². The summed E-state index contributed by atoms with van der Waals surface area (Å²) in [5.74, 6) is 1.55. The first-order chi connectivity index (χ1) is 11.1. The average molecular weight is 379 g/mol. The standard InChI is InChI=1S/C17H15BrO5/c1-11(23-14-5-3-13(18)4-6-14)17(19)20-9-12-2-7-15-16(8-12)22-10-21-15/h2-8,11H,9-10H2,1H3. The van der Waals surface area contributed by atoms with Crippen molar-refractivity contribution in [1.29, 1.82) is 0 Å². The zero-order valence-corrected chi connectivity index (χ0v) is 14.0. The highest BCUT2D eigenvalue weighted by Crippen LogP contribution is 2.32. The van der Waals surface area contributed by atoms with Gasteiger partial charge in [-0.2, -0.15) is 0 Å². The van der Waals surface area contributed by atoms with Gasteiger partial charge >= 0.3 is 5.97 Å². The van der Waals surface area contributed by atoms with Crippen molar-refractivity contribution >= 4 is 21.9 Å². The van der Waals surface area contributed by atoms with Crippen LogP contribution in [0, 0.1) is 0 Å². The van der Waals surface area contributed by atoms with Crippen LogP contribution in [0.5, 0.6) is 17.2 Å². The first-order valence-corrected chi connectivity index (χ1v) is 7.88. The quantitative estimate of drug-likeness (QED) is 0.742. The van der Waals surface area contributed by atoms with Crippen LogP contribution < -0.4 is 14.2 Å². The van der Waals surface area contributed by atoms with Gasteiger partial charge in [-0.15, -0.1) is 0 Å². The van der Waals surface area contributed by atoms with Gasteiger partial charge in [0.1, 0.15) is 12.4 Å². The number of esters is 1. The van der Waals surface area contributed by atoms with Gasteiger partial charge in [-0.3, -0.25) is 0 Å². The molecule has 0 aromatic heterocycles. The van der Waals surface area contributed by atoms with Crippen LogP contribution in [0.2, 0.25) is 0 Å². The molecule has 23 heavy (non-hydrogen) atoms. The summed E-state index contributed by atoms with van der Waals surface area (Å²) >= 11 is 3.35. The Balaban J connectivity index is 1.53. The molecule has 0 amide bonds. The average Bonchev–Trinajstić information content (AvgIpc) is 3.02. The Kier molecular flexibility index (Phi) is 4.71. The van der Waals surface area contributed by atoms with Gasteiger partial charge in [0.05, 0.1) is 0 Å². The van der Waals surface area contributed by atoms with E-state index >= 15 is 0 Å². The van der Waals surface area contributed by atoms with Gasteiger partial charge in [-0.25, -0.2) is 4.79 Å². The van der Waals surface area contributed by atoms with Gasteiger partial charge in [0, 0.05) is 4.47 Å². The summed E-state index contributed by atoms with van der Waals surface area (Å²) in [7, 11) is 0. The van der Waals surface area contributed by atoms with Gasteiger partial charge in [0.15, 0.2) is 17.6 Å². The monoisotopic (exact) mass is 378 g/mol. The minimum absolute atomic E-state index is 0.156. The van der Waals surface area contributed by atoms with E-state index in [-0.39, 0.29) is 13.4 Å². The second-order valence-electron chi connectivity index (χ2n) is 5.01. The highest BCUT2D eigenvalue weighted by molar-refractivity contribution is 9.10. The number of carbonyl (C=O) groups excluding carboxylic acids is 1. The molecule has 0 N–H and O–H groups in total. The van der Waals surface area contributed by atoms with E-state index in [1.54, 1.807) is 31.2 Å². The Morgan fingerprint density at radius 3 is 2.70 bits per heavy atom. The lowest BCUT2D eigenvalue weighted by atomic mass is 10.2. The van der Waals surface area contributed by atoms with Gasteiger partial charge < -0.3 is 18.9 Å². The zero-order valence-electron chi connectivity index (χ0n) is 12.5. The lowest BCUT2D eigenvalue weighted by molar-refractivity contribution is -0.152. The molecule has 0 bridgehead atoms. The molecule has 1 unspecified atom stereocenters. The van der Waals surface area contributed by atoms with Gasteiger partial charge in [0.2, 0.25) is 6.79 Å². The molecule has 3 rings (SSSR count). The number of rotatable bonds is 5. The van der Waals surface area contributed by atoms with Crippen molar-refractivity contribution in [3.63, 3.8) is 0 Å². The van der Waals surface area contributed by atoms with Crippen molar-refractivity contribution in [3.8, 4) is 17.2 Å². The summed E-state index contributed by atoms with van der Waals surface area (Å²) in [5.41, 5.74) is 0.832. The Labute approximate surface area is 142 Å². The van der Waals surface area contributed by atoms with E-state index in [9.17, 15) is 4.79 Å². The molecule has 0 saturated heterocycles. The van der Waals surface area contributed by atoms with Crippen molar-refractivity contribution in [2.24, 2.45) is 0 Å². The van der Waals surface area contributed by atoms with Crippen molar-refractivity contribution in [3.05, 3.63) is 52.5 Å². The summed E-state index contributed by atoms with van der Waals surface area (Å²) in [6.45, 7) is 2.03. The van der Waals surface area contributed by atoms with Gasteiger partial charge in [0.25, 0.3) is 0 Å². The highest BCUT2D eigenvalue weighted by atomic mass is 79.9. The number of ether oxygens (including phenoxy) is 4. The number of halogens is 1. The molecule has 1 aliphatic heterocycles. The van der Waals surface area contributed by atoms with Crippen LogP contribution in [0.25, 0.3) is 0 Å². The van der Waals surface area contributed by atoms with E-state index in [0.29, 0.717) is 17.2 Å². The van der Waals surface area contributed by atoms with Crippen LogP contribution in [-0.2, 0) is 16.1 Å². The molecule has 120 valence electrons. The van der Waals surface area contributed by atoms with Crippen molar-refractivity contribution in [2.45, 2.75) is 19.6 Å². The SMILES string of the molecule is CC(Oc1ccc(Br)cc1)C(=O)OCc1ccc2c(c1)OCO2. The van der Waals surface area contributed by atoms with Crippen molar-refractivity contribution in [2.75, 3.05) is 6.79 Å². The molecule has 0 spiro atoms. The Morgan fingerprint density at radius 1 is 1.17 bits per heavy atom. The largest absolute Gasteiger partial charge is 0.479 e. The first kappa shape index (κ1) is 15.7. The number of benzene rings is 2. The lowest BCUT2D eigenvalue weighted by Gasteiger charge is -2.14. The predicted molar refractivity (Wildman–Crippen MR) is 86.6 cm³/mol. The molecule has 1 heterocycles. The van der Waals surface area contributed by atoms with E-state index in [2.05, 4.69) is 15.9 Å². The first-order valence-electron chi connectivity index (χ1n) is 7.09. The summed E-state index contributed by atoms with van der Waals surface area (Å²) in [6, 6.07) is 12.7. The maximum atomic E-state index is 12.0. The highest BCUT2D eigenvalue weighted by Gasteiger charge is 2.18. The number of fused-ring (bicyclic) bond motifs is 1. The van der Waals surface area contributed by atoms with Crippen LogP contribution in [0.15, 0.2) is 46.9 Å².